The average molecular weight is 641 g/mol. The fourth-order valence-electron chi connectivity index (χ4n) is 8.74. The van der Waals surface area contributed by atoms with Crippen molar-refractivity contribution >= 4 is 54.8 Å². The van der Waals surface area contributed by atoms with Crippen molar-refractivity contribution in [2.24, 2.45) is 0 Å². The normalized spacial score (nSPS) is 13.6. The summed E-state index contributed by atoms with van der Waals surface area (Å²) in [7, 11) is 0. The SMILES string of the molecule is CC1(C)c2ccccc2-c2cc3c4ccccc4n(-c4ccc(-c5ccc6c(c5)c5oc7ccccc7c5n6-c5ccccc5)cc4)c3cc21. The van der Waals surface area contributed by atoms with Crippen molar-refractivity contribution in [3.8, 4) is 33.6 Å². The van der Waals surface area contributed by atoms with Crippen LogP contribution in [-0.4, -0.2) is 9.13 Å². The lowest BCUT2D eigenvalue weighted by molar-refractivity contribution is 0.661. The van der Waals surface area contributed by atoms with E-state index >= 15 is 0 Å². The van der Waals surface area contributed by atoms with Gasteiger partial charge < -0.3 is 13.6 Å². The van der Waals surface area contributed by atoms with E-state index in [1.807, 2.05) is 6.07 Å². The first-order valence-electron chi connectivity index (χ1n) is 17.4. The molecule has 0 spiro atoms. The number of hydrogen-bond acceptors (Lipinski definition) is 1. The molecule has 0 N–H and O–H groups in total. The molecule has 0 unspecified atom stereocenters. The molecule has 50 heavy (non-hydrogen) atoms. The summed E-state index contributed by atoms with van der Waals surface area (Å²) in [6, 6.07) is 57.3. The molecule has 0 atom stereocenters. The van der Waals surface area contributed by atoms with Crippen molar-refractivity contribution in [1.82, 2.24) is 9.13 Å². The molecule has 0 aliphatic heterocycles. The van der Waals surface area contributed by atoms with Crippen LogP contribution in [0, 0.1) is 0 Å². The summed E-state index contributed by atoms with van der Waals surface area (Å²) >= 11 is 0. The molecular formula is C47H32N2O. The van der Waals surface area contributed by atoms with Crippen LogP contribution in [0.2, 0.25) is 0 Å². The highest BCUT2D eigenvalue weighted by molar-refractivity contribution is 6.17. The lowest BCUT2D eigenvalue weighted by Crippen LogP contribution is -2.14. The van der Waals surface area contributed by atoms with Crippen LogP contribution < -0.4 is 0 Å². The number of benzene rings is 7. The summed E-state index contributed by atoms with van der Waals surface area (Å²) in [5.74, 6) is 0. The Hall–Kier alpha value is -6.32. The Morgan fingerprint density at radius 1 is 0.440 bits per heavy atom. The number of furan rings is 1. The molecule has 3 nitrogen and oxygen atoms in total. The Bertz CT molecular complexity index is 2990. The van der Waals surface area contributed by atoms with Crippen molar-refractivity contribution in [3.05, 3.63) is 169 Å². The van der Waals surface area contributed by atoms with Gasteiger partial charge in [-0.3, -0.25) is 0 Å². The molecule has 236 valence electrons. The maximum atomic E-state index is 6.55. The summed E-state index contributed by atoms with van der Waals surface area (Å²) < 4.78 is 11.3. The third-order valence-electron chi connectivity index (χ3n) is 11.1. The van der Waals surface area contributed by atoms with Crippen LogP contribution in [0.5, 0.6) is 0 Å². The second-order valence-corrected chi connectivity index (χ2v) is 14.2. The number of rotatable bonds is 3. The predicted octanol–water partition coefficient (Wildman–Crippen LogP) is 12.6. The van der Waals surface area contributed by atoms with Crippen LogP contribution in [0.4, 0.5) is 0 Å². The summed E-state index contributed by atoms with van der Waals surface area (Å²) in [4.78, 5) is 0. The molecule has 11 rings (SSSR count). The van der Waals surface area contributed by atoms with E-state index in [1.54, 1.807) is 0 Å². The van der Waals surface area contributed by atoms with Crippen molar-refractivity contribution in [3.63, 3.8) is 0 Å². The Balaban J connectivity index is 1.07. The van der Waals surface area contributed by atoms with Crippen LogP contribution in [0.1, 0.15) is 25.0 Å². The number of para-hydroxylation sites is 3. The predicted molar refractivity (Wildman–Crippen MR) is 208 cm³/mol. The first-order valence-corrected chi connectivity index (χ1v) is 17.4. The summed E-state index contributed by atoms with van der Waals surface area (Å²) in [5.41, 5.74) is 16.6. The first kappa shape index (κ1) is 27.6. The fraction of sp³-hybridized carbons (Fsp3) is 0.0638. The van der Waals surface area contributed by atoms with Crippen molar-refractivity contribution in [2.45, 2.75) is 19.3 Å². The van der Waals surface area contributed by atoms with Crippen LogP contribution in [0.3, 0.4) is 0 Å². The molecule has 0 amide bonds. The molecule has 0 radical (unpaired) electrons. The minimum absolute atomic E-state index is 0.0609. The molecule has 0 fully saturated rings. The minimum Gasteiger partial charge on any atom is -0.454 e. The minimum atomic E-state index is -0.0609. The van der Waals surface area contributed by atoms with Gasteiger partial charge in [0.25, 0.3) is 0 Å². The highest BCUT2D eigenvalue weighted by Gasteiger charge is 2.36. The van der Waals surface area contributed by atoms with E-state index in [0.717, 1.165) is 49.9 Å². The van der Waals surface area contributed by atoms with E-state index in [9.17, 15) is 0 Å². The van der Waals surface area contributed by atoms with Gasteiger partial charge in [-0.2, -0.15) is 0 Å². The second-order valence-electron chi connectivity index (χ2n) is 14.2. The van der Waals surface area contributed by atoms with Gasteiger partial charge >= 0.3 is 0 Å². The van der Waals surface area contributed by atoms with Crippen LogP contribution >= 0.6 is 0 Å². The Morgan fingerprint density at radius 3 is 1.98 bits per heavy atom. The highest BCUT2D eigenvalue weighted by Crippen LogP contribution is 2.51. The third-order valence-corrected chi connectivity index (χ3v) is 11.1. The first-order chi connectivity index (χ1) is 24.6. The zero-order chi connectivity index (χ0) is 33.1. The summed E-state index contributed by atoms with van der Waals surface area (Å²) in [6.07, 6.45) is 0. The summed E-state index contributed by atoms with van der Waals surface area (Å²) in [6.45, 7) is 4.71. The molecule has 3 aromatic heterocycles. The molecule has 3 heterocycles. The molecule has 0 saturated heterocycles. The van der Waals surface area contributed by atoms with Gasteiger partial charge in [-0.1, -0.05) is 105 Å². The van der Waals surface area contributed by atoms with E-state index in [4.69, 9.17) is 4.42 Å². The Kier molecular flexibility index (Phi) is 5.45. The van der Waals surface area contributed by atoms with Crippen molar-refractivity contribution in [1.29, 1.82) is 0 Å². The van der Waals surface area contributed by atoms with Crippen molar-refractivity contribution < 1.29 is 4.42 Å². The van der Waals surface area contributed by atoms with Gasteiger partial charge in [-0.15, -0.1) is 0 Å². The Labute approximate surface area is 289 Å². The maximum absolute atomic E-state index is 6.55. The van der Waals surface area contributed by atoms with E-state index in [-0.39, 0.29) is 5.41 Å². The third kappa shape index (κ3) is 3.64. The molecule has 0 bridgehead atoms. The fourth-order valence-corrected chi connectivity index (χ4v) is 8.74. The van der Waals surface area contributed by atoms with Gasteiger partial charge in [0, 0.05) is 38.3 Å². The number of fused-ring (bicyclic) bond motifs is 11. The van der Waals surface area contributed by atoms with Crippen LogP contribution in [-0.2, 0) is 5.41 Å². The monoisotopic (exact) mass is 640 g/mol. The van der Waals surface area contributed by atoms with Gasteiger partial charge in [-0.25, -0.2) is 0 Å². The number of hydrogen-bond donors (Lipinski definition) is 0. The number of nitrogens with zero attached hydrogens (tertiary/aromatic N) is 2. The molecule has 0 saturated carbocycles. The molecular weight excluding hydrogens is 609 g/mol. The van der Waals surface area contributed by atoms with Crippen molar-refractivity contribution in [2.75, 3.05) is 0 Å². The lowest BCUT2D eigenvalue weighted by Gasteiger charge is -2.21. The zero-order valence-electron chi connectivity index (χ0n) is 27.8. The Morgan fingerprint density at radius 2 is 1.12 bits per heavy atom. The molecule has 1 aliphatic carbocycles. The highest BCUT2D eigenvalue weighted by atomic mass is 16.3. The molecule has 3 heteroatoms. The van der Waals surface area contributed by atoms with E-state index in [0.29, 0.717) is 0 Å². The summed E-state index contributed by atoms with van der Waals surface area (Å²) in [5, 5.41) is 4.80. The van der Waals surface area contributed by atoms with Gasteiger partial charge in [0.05, 0.1) is 16.6 Å². The number of aromatic nitrogens is 2. The van der Waals surface area contributed by atoms with E-state index < -0.39 is 0 Å². The van der Waals surface area contributed by atoms with E-state index in [2.05, 4.69) is 175 Å². The topological polar surface area (TPSA) is 23.0 Å². The lowest BCUT2D eigenvalue weighted by atomic mass is 9.82. The molecule has 1 aliphatic rings. The van der Waals surface area contributed by atoms with Gasteiger partial charge in [0.2, 0.25) is 0 Å². The average Bonchev–Trinajstić information content (AvgIpc) is 3.86. The van der Waals surface area contributed by atoms with Crippen LogP contribution in [0.15, 0.2) is 162 Å². The standard InChI is InChI=1S/C47H32N2O/c1-47(2)39-17-9-6-14-33(39)36-27-37-34-15-7-10-18-41(34)48(43(37)28-40(36)47)32-23-20-29(21-24-32)30-22-25-42-38(26-30)46-45(35-16-8-11-19-44(35)50-46)49(42)31-12-4-3-5-13-31/h3-28H,1-2H3. The van der Waals surface area contributed by atoms with Gasteiger partial charge in [0.1, 0.15) is 11.1 Å². The van der Waals surface area contributed by atoms with Gasteiger partial charge in [0.15, 0.2) is 5.58 Å². The molecule has 10 aromatic rings. The smallest absolute Gasteiger partial charge is 0.161 e. The second kappa shape index (κ2) is 9.87. The quantitative estimate of drug-likeness (QED) is 0.188. The largest absolute Gasteiger partial charge is 0.454 e. The van der Waals surface area contributed by atoms with Gasteiger partial charge in [-0.05, 0) is 100 Å². The van der Waals surface area contributed by atoms with E-state index in [1.165, 1.54) is 49.6 Å². The molecule has 7 aromatic carbocycles. The zero-order valence-corrected chi connectivity index (χ0v) is 27.8. The maximum Gasteiger partial charge on any atom is 0.161 e. The van der Waals surface area contributed by atoms with Crippen LogP contribution in [0.25, 0.3) is 88.4 Å².